The van der Waals surface area contributed by atoms with Crippen LogP contribution in [0.3, 0.4) is 0 Å². The van der Waals surface area contributed by atoms with Crippen molar-refractivity contribution in [2.45, 2.75) is 33.1 Å². The molecule has 0 aliphatic heterocycles. The van der Waals surface area contributed by atoms with Crippen LogP contribution in [0, 0.1) is 13.8 Å². The van der Waals surface area contributed by atoms with Crippen molar-refractivity contribution in [1.29, 1.82) is 0 Å². The normalized spacial score (nSPS) is 11.0. The van der Waals surface area contributed by atoms with Gasteiger partial charge in [-0.15, -0.1) is 0 Å². The number of alkyl halides is 6. The van der Waals surface area contributed by atoms with Gasteiger partial charge in [-0.1, -0.05) is 0 Å². The predicted octanol–water partition coefficient (Wildman–Crippen LogP) is 0.197. The number of aryl methyl sites for hydroxylation is 4. The van der Waals surface area contributed by atoms with Gasteiger partial charge >= 0.3 is 53.8 Å². The molecule has 0 saturated carbocycles. The van der Waals surface area contributed by atoms with Gasteiger partial charge in [-0.2, -0.15) is 36.5 Å². The van der Waals surface area contributed by atoms with Gasteiger partial charge in [-0.3, -0.25) is 9.36 Å². The van der Waals surface area contributed by atoms with Crippen molar-refractivity contribution >= 4 is 11.9 Å². The zero-order valence-electron chi connectivity index (χ0n) is 17.9. The maximum atomic E-state index is 12.7. The van der Waals surface area contributed by atoms with Crippen molar-refractivity contribution in [1.82, 2.24) is 19.6 Å². The van der Waals surface area contributed by atoms with Crippen molar-refractivity contribution in [2.24, 2.45) is 14.1 Å². The van der Waals surface area contributed by atoms with Gasteiger partial charge in [0.25, 0.3) is 0 Å². The van der Waals surface area contributed by atoms with Gasteiger partial charge in [0, 0.05) is 14.1 Å². The summed E-state index contributed by atoms with van der Waals surface area (Å²) >= 11 is 0. The van der Waals surface area contributed by atoms with E-state index in [0.717, 1.165) is 18.7 Å². The van der Waals surface area contributed by atoms with Gasteiger partial charge in [-0.25, -0.2) is 9.59 Å². The van der Waals surface area contributed by atoms with Crippen LogP contribution in [0.15, 0.2) is 0 Å². The van der Waals surface area contributed by atoms with E-state index < -0.39 is 46.8 Å². The molecule has 32 heavy (non-hydrogen) atoms. The third kappa shape index (κ3) is 7.21. The summed E-state index contributed by atoms with van der Waals surface area (Å²) in [6.45, 7) is 3.86. The van der Waals surface area contributed by atoms with Crippen molar-refractivity contribution in [3.63, 3.8) is 0 Å². The molecule has 2 heterocycles. The number of hydrogen-bond acceptors (Lipinski definition) is 6. The van der Waals surface area contributed by atoms with Crippen LogP contribution in [0.2, 0.25) is 0 Å². The number of rotatable bonds is 3. The Morgan fingerprint density at radius 2 is 1.25 bits per heavy atom. The van der Waals surface area contributed by atoms with Gasteiger partial charge in [0.2, 0.25) is 0 Å². The predicted molar refractivity (Wildman–Crippen MR) is 90.7 cm³/mol. The van der Waals surface area contributed by atoms with Crippen LogP contribution in [0.1, 0.15) is 50.4 Å². The monoisotopic (exact) mass is 484 g/mol. The first-order valence-electron chi connectivity index (χ1n) is 8.15. The van der Waals surface area contributed by atoms with Gasteiger partial charge < -0.3 is 15.3 Å². The molecule has 0 aliphatic rings. The van der Waals surface area contributed by atoms with Crippen molar-refractivity contribution in [2.75, 3.05) is 6.61 Å². The van der Waals surface area contributed by atoms with E-state index in [-0.39, 0.29) is 53.0 Å². The number of hydrogen-bond donors (Lipinski definition) is 1. The second-order valence-corrected chi connectivity index (χ2v) is 5.89. The summed E-state index contributed by atoms with van der Waals surface area (Å²) in [7, 11) is 2.43. The largest absolute Gasteiger partial charge is 1.00 e. The number of carboxylic acids is 1. The number of halogens is 6. The van der Waals surface area contributed by atoms with Crippen LogP contribution in [0.25, 0.3) is 0 Å². The standard InChI is InChI=1S/C9H11F3N2O2.C7H7F3N2O2.Na.H2O/c1-4-16-8(15)7-6(9(10,11)12)5(2)13-14(7)3;1-3-4(7(8,9)10)5(6(13)14)12(2)11-3;;/h4H2,1-3H3;1-2H3,(H,13,14);;1H2/q;;+1;/p-1. The zero-order valence-corrected chi connectivity index (χ0v) is 19.9. The zero-order chi connectivity index (χ0) is 23.6. The summed E-state index contributed by atoms with van der Waals surface area (Å²) in [5.74, 6) is -2.65. The Hall–Kier alpha value is -2.10. The number of carboxylic acid groups (broad SMARTS) is 1. The topological polar surface area (TPSA) is 129 Å². The van der Waals surface area contributed by atoms with Gasteiger partial charge in [0.1, 0.15) is 11.1 Å². The van der Waals surface area contributed by atoms with Crippen LogP contribution in [-0.4, -0.2) is 48.7 Å². The molecular formula is C16H19F6N4NaO5. The fourth-order valence-electron chi connectivity index (χ4n) is 2.67. The second kappa shape index (κ2) is 11.7. The van der Waals surface area contributed by atoms with Crippen LogP contribution in [-0.2, 0) is 31.2 Å². The summed E-state index contributed by atoms with van der Waals surface area (Å²) in [6, 6.07) is 0. The van der Waals surface area contributed by atoms with E-state index in [0.29, 0.717) is 4.68 Å². The molecular weight excluding hydrogens is 465 g/mol. The van der Waals surface area contributed by atoms with Crippen molar-refractivity contribution in [3.05, 3.63) is 33.9 Å². The Labute approximate surface area is 199 Å². The number of nitrogens with zero attached hydrogens (tertiary/aromatic N) is 4. The Bertz CT molecular complexity index is 952. The molecule has 2 aromatic rings. The number of carbonyl (C=O) groups is 2. The SMILES string of the molecule is CCOC(=O)c1c(C(F)(F)F)c(C)nn1C.Cc1nn(C)c(C(=O)O)c1C(F)(F)F.[Na+].[OH-]. The fourth-order valence-corrected chi connectivity index (χ4v) is 2.67. The van der Waals surface area contributed by atoms with Crippen molar-refractivity contribution < 1.29 is 80.8 Å². The molecule has 0 aromatic carbocycles. The third-order valence-electron chi connectivity index (χ3n) is 3.68. The molecule has 16 heteroatoms. The van der Waals surface area contributed by atoms with Crippen LogP contribution < -0.4 is 29.6 Å². The molecule has 0 aliphatic carbocycles. The number of aromatic carboxylic acids is 1. The number of ether oxygens (including phenoxy) is 1. The van der Waals surface area contributed by atoms with Crippen molar-refractivity contribution in [3.8, 4) is 0 Å². The van der Waals surface area contributed by atoms with Gasteiger partial charge in [-0.05, 0) is 20.8 Å². The summed E-state index contributed by atoms with van der Waals surface area (Å²) in [6.07, 6.45) is -9.30. The minimum atomic E-state index is -4.69. The third-order valence-corrected chi connectivity index (χ3v) is 3.68. The molecule has 0 fully saturated rings. The minimum Gasteiger partial charge on any atom is -0.870 e. The first-order valence-corrected chi connectivity index (χ1v) is 8.15. The van der Waals surface area contributed by atoms with Crippen LogP contribution in [0.5, 0.6) is 0 Å². The summed E-state index contributed by atoms with van der Waals surface area (Å²) < 4.78 is 81.2. The summed E-state index contributed by atoms with van der Waals surface area (Å²) in [4.78, 5) is 21.9. The van der Waals surface area contributed by atoms with Gasteiger partial charge in [0.05, 0.1) is 18.0 Å². The molecule has 2 rings (SSSR count). The van der Waals surface area contributed by atoms with E-state index in [1.165, 1.54) is 20.9 Å². The van der Waals surface area contributed by atoms with Crippen LogP contribution >= 0.6 is 0 Å². The molecule has 0 unspecified atom stereocenters. The first-order chi connectivity index (χ1) is 13.5. The molecule has 9 nitrogen and oxygen atoms in total. The molecule has 0 spiro atoms. The maximum absolute atomic E-state index is 12.7. The van der Waals surface area contributed by atoms with E-state index in [1.807, 2.05) is 0 Å². The minimum absolute atomic E-state index is 0. The number of esters is 1. The second-order valence-electron chi connectivity index (χ2n) is 5.89. The van der Waals surface area contributed by atoms with E-state index >= 15 is 0 Å². The smallest absolute Gasteiger partial charge is 0.870 e. The summed E-state index contributed by atoms with van der Waals surface area (Å²) in [5.41, 5.74) is -4.20. The average Bonchev–Trinajstić information content (AvgIpc) is 3.02. The van der Waals surface area contributed by atoms with Crippen LogP contribution in [0.4, 0.5) is 26.3 Å². The fraction of sp³-hybridized carbons (Fsp3) is 0.500. The van der Waals surface area contributed by atoms with E-state index in [1.54, 1.807) is 0 Å². The van der Waals surface area contributed by atoms with E-state index in [9.17, 15) is 35.9 Å². The summed E-state index contributed by atoms with van der Waals surface area (Å²) in [5, 5.41) is 15.6. The molecule has 2 N–H and O–H groups in total. The first kappa shape index (κ1) is 32.1. The van der Waals surface area contributed by atoms with E-state index in [4.69, 9.17) is 5.11 Å². The average molecular weight is 484 g/mol. The molecule has 0 atom stereocenters. The molecule has 176 valence electrons. The Morgan fingerprint density at radius 3 is 1.53 bits per heavy atom. The quantitative estimate of drug-likeness (QED) is 0.374. The molecule has 0 radical (unpaired) electrons. The Morgan fingerprint density at radius 1 is 0.906 bits per heavy atom. The van der Waals surface area contributed by atoms with E-state index in [2.05, 4.69) is 14.9 Å². The number of aromatic nitrogens is 4. The number of carbonyl (C=O) groups excluding carboxylic acids is 1. The Kier molecular flexibility index (Phi) is 11.7. The molecule has 0 amide bonds. The molecule has 0 saturated heterocycles. The van der Waals surface area contributed by atoms with Gasteiger partial charge in [0.15, 0.2) is 11.4 Å². The molecule has 0 bridgehead atoms. The maximum Gasteiger partial charge on any atom is 1.00 e. The Balaban J connectivity index is 0. The molecule has 2 aromatic heterocycles.